The number of anilines is 2. The number of nitrogens with zero attached hydrogens (tertiary/aromatic N) is 2. The third-order valence-corrected chi connectivity index (χ3v) is 4.07. The summed E-state index contributed by atoms with van der Waals surface area (Å²) in [6.45, 7) is 1.17. The number of halogens is 1. The number of amides is 1. The van der Waals surface area contributed by atoms with Crippen molar-refractivity contribution in [1.82, 2.24) is 9.97 Å². The first-order chi connectivity index (χ1) is 12.1. The fourth-order valence-corrected chi connectivity index (χ4v) is 2.72. The highest BCUT2D eigenvalue weighted by Crippen LogP contribution is 2.29. The number of rotatable bonds is 5. The largest absolute Gasteiger partial charge is 0.489 e. The van der Waals surface area contributed by atoms with Crippen molar-refractivity contribution in [2.75, 3.05) is 24.3 Å². The summed E-state index contributed by atoms with van der Waals surface area (Å²) in [4.78, 5) is 20.2. The van der Waals surface area contributed by atoms with Gasteiger partial charge >= 0.3 is 0 Å². The molecule has 25 heavy (non-hydrogen) atoms. The van der Waals surface area contributed by atoms with Crippen molar-refractivity contribution in [2.45, 2.75) is 25.4 Å². The standard InChI is InChI=1S/C17H19ClN4O3/c18-11-4-5-14(25-10-12-3-1-2-8-24-12)13(9-11)22-17(23)15-16(19)21-7-6-20-15/h4-7,9,12H,1-3,8,10H2,(H2,19,21)(H,22,23)/t12-/m1/s1. The van der Waals surface area contributed by atoms with E-state index >= 15 is 0 Å². The maximum atomic E-state index is 12.4. The van der Waals surface area contributed by atoms with Gasteiger partial charge in [-0.1, -0.05) is 11.6 Å². The van der Waals surface area contributed by atoms with Crippen molar-refractivity contribution in [3.8, 4) is 5.75 Å². The van der Waals surface area contributed by atoms with E-state index in [1.165, 1.54) is 12.4 Å². The Labute approximate surface area is 150 Å². The summed E-state index contributed by atoms with van der Waals surface area (Å²) in [5.41, 5.74) is 6.18. The van der Waals surface area contributed by atoms with Gasteiger partial charge in [-0.05, 0) is 37.5 Å². The van der Waals surface area contributed by atoms with Crippen LogP contribution in [0.3, 0.4) is 0 Å². The SMILES string of the molecule is Nc1nccnc1C(=O)Nc1cc(Cl)ccc1OC[C@H]1CCCCO1. The topological polar surface area (TPSA) is 99.4 Å². The molecule has 1 aromatic carbocycles. The van der Waals surface area contributed by atoms with Crippen molar-refractivity contribution in [3.63, 3.8) is 0 Å². The molecule has 2 aromatic rings. The van der Waals surface area contributed by atoms with Crippen LogP contribution in [-0.2, 0) is 4.74 Å². The van der Waals surface area contributed by atoms with E-state index in [1.54, 1.807) is 18.2 Å². The molecule has 3 N–H and O–H groups in total. The molecule has 0 saturated carbocycles. The summed E-state index contributed by atoms with van der Waals surface area (Å²) in [5, 5.41) is 3.20. The average Bonchev–Trinajstić information content (AvgIpc) is 2.62. The lowest BCUT2D eigenvalue weighted by atomic mass is 10.1. The van der Waals surface area contributed by atoms with E-state index < -0.39 is 5.91 Å². The first-order valence-corrected chi connectivity index (χ1v) is 8.43. The molecule has 1 amide bonds. The van der Waals surface area contributed by atoms with Crippen molar-refractivity contribution in [2.24, 2.45) is 0 Å². The number of nitrogens with two attached hydrogens (primary N) is 1. The van der Waals surface area contributed by atoms with Crippen LogP contribution in [0, 0.1) is 0 Å². The van der Waals surface area contributed by atoms with E-state index in [0.29, 0.717) is 23.1 Å². The highest BCUT2D eigenvalue weighted by atomic mass is 35.5. The Hall–Kier alpha value is -2.38. The summed E-state index contributed by atoms with van der Waals surface area (Å²) in [7, 11) is 0. The Morgan fingerprint density at radius 1 is 1.36 bits per heavy atom. The summed E-state index contributed by atoms with van der Waals surface area (Å²) >= 11 is 6.04. The quantitative estimate of drug-likeness (QED) is 0.848. The van der Waals surface area contributed by atoms with Crippen LogP contribution in [0.4, 0.5) is 11.5 Å². The number of nitrogens with one attached hydrogen (secondary N) is 1. The van der Waals surface area contributed by atoms with Crippen LogP contribution in [-0.4, -0.2) is 35.2 Å². The molecule has 3 rings (SSSR count). The number of benzene rings is 1. The molecule has 0 aliphatic carbocycles. The summed E-state index contributed by atoms with van der Waals surface area (Å²) in [6, 6.07) is 5.02. The minimum atomic E-state index is -0.480. The first kappa shape index (κ1) is 17.4. The highest BCUT2D eigenvalue weighted by molar-refractivity contribution is 6.31. The Morgan fingerprint density at radius 2 is 2.20 bits per heavy atom. The van der Waals surface area contributed by atoms with Gasteiger partial charge in [0, 0.05) is 24.0 Å². The lowest BCUT2D eigenvalue weighted by molar-refractivity contribution is -0.0109. The molecule has 0 bridgehead atoms. The van der Waals surface area contributed by atoms with Gasteiger partial charge in [0.1, 0.15) is 12.4 Å². The molecule has 1 atom stereocenters. The third-order valence-electron chi connectivity index (χ3n) is 3.83. The summed E-state index contributed by atoms with van der Waals surface area (Å²) < 4.78 is 11.5. The molecule has 7 nitrogen and oxygen atoms in total. The van der Waals surface area contributed by atoms with Crippen LogP contribution < -0.4 is 15.8 Å². The Kier molecular flexibility index (Phi) is 5.67. The smallest absolute Gasteiger partial charge is 0.278 e. The van der Waals surface area contributed by atoms with E-state index in [9.17, 15) is 4.79 Å². The van der Waals surface area contributed by atoms with Crippen LogP contribution in [0.5, 0.6) is 5.75 Å². The van der Waals surface area contributed by atoms with Crippen molar-refractivity contribution in [1.29, 1.82) is 0 Å². The molecule has 8 heteroatoms. The minimum absolute atomic E-state index is 0.0454. The zero-order valence-corrected chi connectivity index (χ0v) is 14.3. The zero-order chi connectivity index (χ0) is 17.6. The van der Waals surface area contributed by atoms with E-state index in [2.05, 4.69) is 15.3 Å². The average molecular weight is 363 g/mol. The molecule has 132 valence electrons. The van der Waals surface area contributed by atoms with Gasteiger partial charge in [0.2, 0.25) is 0 Å². The monoisotopic (exact) mass is 362 g/mol. The number of hydrogen-bond donors (Lipinski definition) is 2. The molecule has 0 spiro atoms. The summed E-state index contributed by atoms with van der Waals surface area (Å²) in [5.74, 6) is 0.0844. The molecular weight excluding hydrogens is 344 g/mol. The van der Waals surface area contributed by atoms with Gasteiger partial charge in [-0.3, -0.25) is 4.79 Å². The maximum Gasteiger partial charge on any atom is 0.278 e. The molecule has 1 saturated heterocycles. The van der Waals surface area contributed by atoms with Crippen LogP contribution in [0.1, 0.15) is 29.8 Å². The maximum absolute atomic E-state index is 12.4. The molecular formula is C17H19ClN4O3. The van der Waals surface area contributed by atoms with Crippen molar-refractivity contribution < 1.29 is 14.3 Å². The third kappa shape index (κ3) is 4.58. The van der Waals surface area contributed by atoms with Crippen LogP contribution >= 0.6 is 11.6 Å². The first-order valence-electron chi connectivity index (χ1n) is 8.05. The van der Waals surface area contributed by atoms with Gasteiger partial charge in [0.25, 0.3) is 5.91 Å². The molecule has 1 aliphatic rings. The lowest BCUT2D eigenvalue weighted by Crippen LogP contribution is -2.26. The Balaban J connectivity index is 1.72. The minimum Gasteiger partial charge on any atom is -0.489 e. The number of carbonyl (C=O) groups excluding carboxylic acids is 1. The predicted octanol–water partition coefficient (Wildman–Crippen LogP) is 2.91. The molecule has 0 unspecified atom stereocenters. The van der Waals surface area contributed by atoms with Crippen LogP contribution in [0.25, 0.3) is 0 Å². The van der Waals surface area contributed by atoms with Crippen LogP contribution in [0.2, 0.25) is 5.02 Å². The normalized spacial score (nSPS) is 17.1. The van der Waals surface area contributed by atoms with Gasteiger partial charge < -0.3 is 20.5 Å². The Morgan fingerprint density at radius 3 is 2.96 bits per heavy atom. The van der Waals surface area contributed by atoms with E-state index in [-0.39, 0.29) is 17.6 Å². The second-order valence-corrected chi connectivity index (χ2v) is 6.12. The molecule has 1 fully saturated rings. The summed E-state index contributed by atoms with van der Waals surface area (Å²) in [6.07, 6.45) is 6.06. The second kappa shape index (κ2) is 8.13. The number of hydrogen-bond acceptors (Lipinski definition) is 6. The lowest BCUT2D eigenvalue weighted by Gasteiger charge is -2.23. The van der Waals surface area contributed by atoms with Gasteiger partial charge in [-0.25, -0.2) is 9.97 Å². The molecule has 1 aliphatic heterocycles. The van der Waals surface area contributed by atoms with Gasteiger partial charge in [0.05, 0.1) is 11.8 Å². The van der Waals surface area contributed by atoms with Crippen molar-refractivity contribution >= 4 is 29.0 Å². The molecule has 1 aromatic heterocycles. The van der Waals surface area contributed by atoms with Crippen molar-refractivity contribution in [3.05, 3.63) is 41.3 Å². The highest BCUT2D eigenvalue weighted by Gasteiger charge is 2.18. The van der Waals surface area contributed by atoms with Gasteiger partial charge in [-0.15, -0.1) is 0 Å². The Bertz CT molecular complexity index is 750. The second-order valence-electron chi connectivity index (χ2n) is 5.68. The van der Waals surface area contributed by atoms with Crippen LogP contribution in [0.15, 0.2) is 30.6 Å². The van der Waals surface area contributed by atoms with E-state index in [4.69, 9.17) is 26.8 Å². The van der Waals surface area contributed by atoms with Gasteiger partial charge in [0.15, 0.2) is 11.5 Å². The molecule has 0 radical (unpaired) electrons. The predicted molar refractivity (Wildman–Crippen MR) is 94.9 cm³/mol. The van der Waals surface area contributed by atoms with Gasteiger partial charge in [-0.2, -0.15) is 0 Å². The number of nitrogen functional groups attached to an aromatic ring is 1. The van der Waals surface area contributed by atoms with E-state index in [0.717, 1.165) is 25.9 Å². The van der Waals surface area contributed by atoms with E-state index in [1.807, 2.05) is 0 Å². The fourth-order valence-electron chi connectivity index (χ4n) is 2.55. The molecule has 2 heterocycles. The number of ether oxygens (including phenoxy) is 2. The zero-order valence-electron chi connectivity index (χ0n) is 13.6. The fraction of sp³-hybridized carbons (Fsp3) is 0.353. The number of carbonyl (C=O) groups is 1. The number of aromatic nitrogens is 2.